The molecule has 0 saturated carbocycles. The summed E-state index contributed by atoms with van der Waals surface area (Å²) in [5.41, 5.74) is 2.37. The maximum atomic E-state index is 13.0. The molecule has 0 spiro atoms. The molecule has 0 amide bonds. The molecule has 0 radical (unpaired) electrons. The number of hydrogen-bond donors (Lipinski definition) is 1. The number of methoxy groups -OCH3 is 2. The first kappa shape index (κ1) is 24.0. The van der Waals surface area contributed by atoms with E-state index in [2.05, 4.69) is 25.4 Å². The zero-order valence-electron chi connectivity index (χ0n) is 20.5. The number of hydrogen-bond acceptors (Lipinski definition) is 8. The molecule has 1 N–H and O–H groups in total. The van der Waals surface area contributed by atoms with Gasteiger partial charge in [0.25, 0.3) is 5.56 Å². The number of pyridine rings is 1. The highest BCUT2D eigenvalue weighted by Gasteiger charge is 2.21. The Morgan fingerprint density at radius 1 is 1.06 bits per heavy atom. The van der Waals surface area contributed by atoms with E-state index in [1.165, 1.54) is 0 Å². The largest absolute Gasteiger partial charge is 0.497 e. The number of rotatable bonds is 10. The Morgan fingerprint density at radius 2 is 1.86 bits per heavy atom. The van der Waals surface area contributed by atoms with Crippen molar-refractivity contribution in [1.82, 2.24) is 30.1 Å². The third-order valence-corrected chi connectivity index (χ3v) is 6.46. The third kappa shape index (κ3) is 5.55. The van der Waals surface area contributed by atoms with Crippen molar-refractivity contribution in [3.8, 4) is 11.5 Å². The van der Waals surface area contributed by atoms with Gasteiger partial charge < -0.3 is 19.2 Å². The molecule has 1 fully saturated rings. The molecule has 0 bridgehead atoms. The van der Waals surface area contributed by atoms with Crippen LogP contribution < -0.4 is 15.0 Å². The highest BCUT2D eigenvalue weighted by Crippen LogP contribution is 2.21. The van der Waals surface area contributed by atoms with E-state index in [0.717, 1.165) is 47.5 Å². The highest BCUT2D eigenvalue weighted by molar-refractivity contribution is 5.80. The molecule has 1 aliphatic rings. The molecule has 1 saturated heterocycles. The number of nitrogens with one attached hydrogen (secondary N) is 1. The third-order valence-electron chi connectivity index (χ3n) is 6.46. The summed E-state index contributed by atoms with van der Waals surface area (Å²) in [6, 6.07) is 15.5. The highest BCUT2D eigenvalue weighted by atomic mass is 16.5. The normalized spacial score (nSPS) is 15.6. The minimum atomic E-state index is -0.130. The lowest BCUT2D eigenvalue weighted by Crippen LogP contribution is -2.29. The molecule has 3 heterocycles. The Kier molecular flexibility index (Phi) is 7.24. The van der Waals surface area contributed by atoms with Crippen molar-refractivity contribution in [2.45, 2.75) is 45.1 Å². The number of aromatic nitrogens is 5. The summed E-state index contributed by atoms with van der Waals surface area (Å²) in [7, 11) is 3.26. The van der Waals surface area contributed by atoms with Crippen molar-refractivity contribution in [2.75, 3.05) is 20.8 Å². The van der Waals surface area contributed by atoms with E-state index >= 15 is 0 Å². The first-order valence-corrected chi connectivity index (χ1v) is 12.0. The van der Waals surface area contributed by atoms with Crippen LogP contribution >= 0.6 is 0 Å². The minimum absolute atomic E-state index is 0.127. The van der Waals surface area contributed by atoms with Crippen molar-refractivity contribution >= 4 is 10.9 Å². The SMILES string of the molecule is COc1ccc(CN(Cc2cc3ccc(OC)cc3[nH]c2=O)Cc2nnnn2C[C@@H]2CCCO2)cc1. The van der Waals surface area contributed by atoms with Gasteiger partial charge >= 0.3 is 0 Å². The molecular weight excluding hydrogens is 460 g/mol. The molecule has 5 rings (SSSR count). The van der Waals surface area contributed by atoms with Gasteiger partial charge in [-0.25, -0.2) is 4.68 Å². The Morgan fingerprint density at radius 3 is 2.61 bits per heavy atom. The van der Waals surface area contributed by atoms with Crippen LogP contribution in [-0.2, 0) is 30.9 Å². The maximum Gasteiger partial charge on any atom is 0.252 e. The summed E-state index contributed by atoms with van der Waals surface area (Å²) in [4.78, 5) is 18.2. The van der Waals surface area contributed by atoms with Crippen LogP contribution in [0.4, 0.5) is 0 Å². The zero-order chi connectivity index (χ0) is 24.9. The lowest BCUT2D eigenvalue weighted by Gasteiger charge is -2.22. The molecule has 2 aromatic carbocycles. The Labute approximate surface area is 208 Å². The molecular formula is C26H30N6O4. The molecule has 10 heteroatoms. The van der Waals surface area contributed by atoms with Crippen LogP contribution in [0.2, 0.25) is 0 Å². The summed E-state index contributed by atoms with van der Waals surface area (Å²) >= 11 is 0. The monoisotopic (exact) mass is 490 g/mol. The lowest BCUT2D eigenvalue weighted by molar-refractivity contribution is 0.0914. The van der Waals surface area contributed by atoms with Gasteiger partial charge in [0.1, 0.15) is 11.5 Å². The average Bonchev–Trinajstić information content (AvgIpc) is 3.57. The maximum absolute atomic E-state index is 13.0. The van der Waals surface area contributed by atoms with Crippen LogP contribution in [0.15, 0.2) is 53.3 Å². The van der Waals surface area contributed by atoms with Gasteiger partial charge in [-0.15, -0.1) is 5.10 Å². The number of nitrogens with zero attached hydrogens (tertiary/aromatic N) is 5. The van der Waals surface area contributed by atoms with E-state index in [1.807, 2.05) is 53.2 Å². The lowest BCUT2D eigenvalue weighted by atomic mass is 10.1. The van der Waals surface area contributed by atoms with Crippen molar-refractivity contribution in [3.05, 3.63) is 75.8 Å². The second-order valence-corrected chi connectivity index (χ2v) is 8.98. The number of benzene rings is 2. The van der Waals surface area contributed by atoms with Crippen LogP contribution in [-0.4, -0.2) is 57.0 Å². The number of fused-ring (bicyclic) bond motifs is 1. The van der Waals surface area contributed by atoms with Gasteiger partial charge in [0, 0.05) is 31.3 Å². The summed E-state index contributed by atoms with van der Waals surface area (Å²) in [5, 5.41) is 13.3. The van der Waals surface area contributed by atoms with Gasteiger partial charge in [-0.2, -0.15) is 0 Å². The fourth-order valence-corrected chi connectivity index (χ4v) is 4.53. The van der Waals surface area contributed by atoms with Crippen LogP contribution in [0.25, 0.3) is 10.9 Å². The van der Waals surface area contributed by atoms with E-state index in [9.17, 15) is 4.79 Å². The summed E-state index contributed by atoms with van der Waals surface area (Å²) in [5.74, 6) is 2.23. The topological polar surface area (TPSA) is 107 Å². The van der Waals surface area contributed by atoms with Crippen molar-refractivity contribution in [3.63, 3.8) is 0 Å². The smallest absolute Gasteiger partial charge is 0.252 e. The summed E-state index contributed by atoms with van der Waals surface area (Å²) in [6.45, 7) is 2.91. The van der Waals surface area contributed by atoms with E-state index in [0.29, 0.717) is 37.5 Å². The first-order valence-electron chi connectivity index (χ1n) is 12.0. The van der Waals surface area contributed by atoms with Gasteiger partial charge in [-0.05, 0) is 64.5 Å². The second-order valence-electron chi connectivity index (χ2n) is 8.98. The Hall–Kier alpha value is -3.76. The molecule has 188 valence electrons. The van der Waals surface area contributed by atoms with Crippen molar-refractivity contribution < 1.29 is 14.2 Å². The fourth-order valence-electron chi connectivity index (χ4n) is 4.53. The van der Waals surface area contributed by atoms with Crippen LogP contribution in [0.3, 0.4) is 0 Å². The van der Waals surface area contributed by atoms with Crippen LogP contribution in [0.5, 0.6) is 11.5 Å². The molecule has 1 atom stereocenters. The van der Waals surface area contributed by atoms with Gasteiger partial charge in [0.2, 0.25) is 0 Å². The predicted octanol–water partition coefficient (Wildman–Crippen LogP) is 2.91. The fraction of sp³-hybridized carbons (Fsp3) is 0.385. The second kappa shape index (κ2) is 10.9. The first-order chi connectivity index (χ1) is 17.6. The van der Waals surface area contributed by atoms with Crippen LogP contribution in [0.1, 0.15) is 29.8 Å². The molecule has 4 aromatic rings. The number of ether oxygens (including phenoxy) is 3. The Balaban J connectivity index is 1.41. The number of H-pyrrole nitrogens is 1. The number of tetrazole rings is 1. The minimum Gasteiger partial charge on any atom is -0.497 e. The predicted molar refractivity (Wildman–Crippen MR) is 134 cm³/mol. The summed E-state index contributed by atoms with van der Waals surface area (Å²) < 4.78 is 18.2. The van der Waals surface area contributed by atoms with Gasteiger partial charge in [0.15, 0.2) is 5.82 Å². The van der Waals surface area contributed by atoms with Crippen molar-refractivity contribution in [1.29, 1.82) is 0 Å². The number of aromatic amines is 1. The molecule has 2 aromatic heterocycles. The quantitative estimate of drug-likeness (QED) is 0.362. The summed E-state index contributed by atoms with van der Waals surface area (Å²) in [6.07, 6.45) is 2.19. The molecule has 10 nitrogen and oxygen atoms in total. The molecule has 0 unspecified atom stereocenters. The van der Waals surface area contributed by atoms with E-state index in [4.69, 9.17) is 14.2 Å². The van der Waals surface area contributed by atoms with Gasteiger partial charge in [-0.3, -0.25) is 9.69 Å². The standard InChI is InChI=1S/C26H30N6O4/c1-34-21-8-5-18(6-9-21)14-31(17-25-28-29-30-32(25)16-23-4-3-11-36-23)15-20-12-19-7-10-22(35-2)13-24(19)27-26(20)33/h5-10,12-13,23H,3-4,11,14-17H2,1-2H3,(H,27,33)/t23-/m0/s1. The zero-order valence-corrected chi connectivity index (χ0v) is 20.5. The molecule has 1 aliphatic heterocycles. The van der Waals surface area contributed by atoms with Crippen molar-refractivity contribution in [2.24, 2.45) is 0 Å². The molecule has 0 aliphatic carbocycles. The average molecular weight is 491 g/mol. The van der Waals surface area contributed by atoms with Crippen LogP contribution in [0, 0.1) is 0 Å². The van der Waals surface area contributed by atoms with E-state index < -0.39 is 0 Å². The van der Waals surface area contributed by atoms with E-state index in [1.54, 1.807) is 14.2 Å². The Bertz CT molecular complexity index is 1360. The van der Waals surface area contributed by atoms with E-state index in [-0.39, 0.29) is 11.7 Å². The van der Waals surface area contributed by atoms with Gasteiger partial charge in [-0.1, -0.05) is 12.1 Å². The molecule has 36 heavy (non-hydrogen) atoms. The van der Waals surface area contributed by atoms with Gasteiger partial charge in [0.05, 0.1) is 38.9 Å².